The van der Waals surface area contributed by atoms with E-state index in [0.29, 0.717) is 18.1 Å². The summed E-state index contributed by atoms with van der Waals surface area (Å²) in [5, 5.41) is 7.26. The monoisotopic (exact) mass is 329 g/mol. The number of methoxy groups -OCH3 is 1. The van der Waals surface area contributed by atoms with Crippen molar-refractivity contribution in [3.8, 4) is 0 Å². The van der Waals surface area contributed by atoms with Gasteiger partial charge in [-0.1, -0.05) is 55.3 Å². The fourth-order valence-electron chi connectivity index (χ4n) is 3.30. The Kier molecular flexibility index (Phi) is 4.94. The molecule has 1 aliphatic rings. The van der Waals surface area contributed by atoms with Crippen LogP contribution in [-0.2, 0) is 21.5 Å². The molecule has 0 spiro atoms. The quantitative estimate of drug-likeness (QED) is 0.882. The third kappa shape index (κ3) is 3.19. The average molecular weight is 329 g/mol. The third-order valence-corrected chi connectivity index (χ3v) is 4.59. The standard InChI is InChI=1S/C18H23N3O3/c1-3-14-19-17(21-24-14)18(11-7-8-12-18)20-16(22)15(23-2)13-9-5-4-6-10-13/h4-6,9-10,15H,3,7-8,11-12H2,1-2H3,(H,20,22). The lowest BCUT2D eigenvalue weighted by Gasteiger charge is -2.29. The third-order valence-electron chi connectivity index (χ3n) is 4.59. The van der Waals surface area contributed by atoms with Gasteiger partial charge >= 0.3 is 0 Å². The molecule has 0 bridgehead atoms. The summed E-state index contributed by atoms with van der Waals surface area (Å²) in [6.07, 6.45) is 3.71. The molecule has 6 heteroatoms. The van der Waals surface area contributed by atoms with Crippen molar-refractivity contribution in [2.75, 3.05) is 7.11 Å². The second kappa shape index (κ2) is 7.13. The van der Waals surface area contributed by atoms with Crippen molar-refractivity contribution < 1.29 is 14.1 Å². The lowest BCUT2D eigenvalue weighted by Crippen LogP contribution is -2.47. The van der Waals surface area contributed by atoms with Crippen LogP contribution in [-0.4, -0.2) is 23.2 Å². The van der Waals surface area contributed by atoms with Crippen LogP contribution in [0.2, 0.25) is 0 Å². The first kappa shape index (κ1) is 16.6. The zero-order chi connectivity index (χ0) is 17.0. The molecule has 2 aromatic rings. The molecule has 0 aliphatic heterocycles. The van der Waals surface area contributed by atoms with Crippen LogP contribution < -0.4 is 5.32 Å². The van der Waals surface area contributed by atoms with Gasteiger partial charge in [-0.15, -0.1) is 0 Å². The first-order valence-corrected chi connectivity index (χ1v) is 8.41. The first-order valence-electron chi connectivity index (χ1n) is 8.41. The van der Waals surface area contributed by atoms with Gasteiger partial charge in [0.25, 0.3) is 5.91 Å². The molecule has 1 aromatic carbocycles. The van der Waals surface area contributed by atoms with Crippen LogP contribution in [0.1, 0.15) is 56.0 Å². The van der Waals surface area contributed by atoms with Crippen LogP contribution >= 0.6 is 0 Å². The molecule has 0 saturated heterocycles. The minimum atomic E-state index is -0.652. The Balaban J connectivity index is 1.84. The molecule has 1 fully saturated rings. The molecule has 6 nitrogen and oxygen atoms in total. The van der Waals surface area contributed by atoms with E-state index in [9.17, 15) is 4.79 Å². The molecule has 128 valence electrons. The van der Waals surface area contributed by atoms with Crippen molar-refractivity contribution in [1.82, 2.24) is 15.5 Å². The van der Waals surface area contributed by atoms with E-state index in [1.54, 1.807) is 7.11 Å². The lowest BCUT2D eigenvalue weighted by atomic mass is 9.95. The molecular weight excluding hydrogens is 306 g/mol. The molecule has 1 aliphatic carbocycles. The summed E-state index contributed by atoms with van der Waals surface area (Å²) in [6, 6.07) is 9.48. The SMILES string of the molecule is CCc1nc(C2(NC(=O)C(OC)c3ccccc3)CCCC2)no1. The molecule has 0 radical (unpaired) electrons. The summed E-state index contributed by atoms with van der Waals surface area (Å²) in [7, 11) is 1.54. The number of carbonyl (C=O) groups is 1. The van der Waals surface area contributed by atoms with Gasteiger partial charge in [0.15, 0.2) is 11.9 Å². The number of carbonyl (C=O) groups excluding carboxylic acids is 1. The predicted molar refractivity (Wildman–Crippen MR) is 88.2 cm³/mol. The number of aryl methyl sites for hydroxylation is 1. The molecule has 1 amide bonds. The average Bonchev–Trinajstić information content (AvgIpc) is 3.26. The second-order valence-corrected chi connectivity index (χ2v) is 6.17. The van der Waals surface area contributed by atoms with Crippen LogP contribution in [0.15, 0.2) is 34.9 Å². The Labute approximate surface area is 141 Å². The first-order chi connectivity index (χ1) is 11.7. The molecular formula is C18H23N3O3. The highest BCUT2D eigenvalue weighted by Gasteiger charge is 2.42. The van der Waals surface area contributed by atoms with Crippen molar-refractivity contribution >= 4 is 5.91 Å². The number of hydrogen-bond donors (Lipinski definition) is 1. The summed E-state index contributed by atoms with van der Waals surface area (Å²) < 4.78 is 10.7. The van der Waals surface area contributed by atoms with Crippen molar-refractivity contribution in [3.05, 3.63) is 47.6 Å². The molecule has 1 aromatic heterocycles. The molecule has 1 saturated carbocycles. The highest BCUT2D eigenvalue weighted by Crippen LogP contribution is 2.38. The van der Waals surface area contributed by atoms with Gasteiger partial charge in [0.1, 0.15) is 5.54 Å². The van der Waals surface area contributed by atoms with Gasteiger partial charge < -0.3 is 14.6 Å². The summed E-state index contributed by atoms with van der Waals surface area (Å²) >= 11 is 0. The molecule has 1 heterocycles. The number of benzene rings is 1. The van der Waals surface area contributed by atoms with Crippen molar-refractivity contribution in [3.63, 3.8) is 0 Å². The predicted octanol–water partition coefficient (Wildman–Crippen LogP) is 2.91. The summed E-state index contributed by atoms with van der Waals surface area (Å²) in [5.41, 5.74) is 0.271. The minimum Gasteiger partial charge on any atom is -0.367 e. The van der Waals surface area contributed by atoms with Gasteiger partial charge in [0, 0.05) is 13.5 Å². The minimum absolute atomic E-state index is 0.173. The smallest absolute Gasteiger partial charge is 0.254 e. The van der Waals surface area contributed by atoms with E-state index >= 15 is 0 Å². The fourth-order valence-corrected chi connectivity index (χ4v) is 3.30. The van der Waals surface area contributed by atoms with Crippen molar-refractivity contribution in [2.45, 2.75) is 50.7 Å². The van der Waals surface area contributed by atoms with Gasteiger partial charge in [-0.3, -0.25) is 4.79 Å². The number of amides is 1. The van der Waals surface area contributed by atoms with Gasteiger partial charge in [0.2, 0.25) is 5.89 Å². The van der Waals surface area contributed by atoms with Gasteiger partial charge in [0.05, 0.1) is 0 Å². The van der Waals surface area contributed by atoms with E-state index in [0.717, 1.165) is 31.2 Å². The van der Waals surface area contributed by atoms with Gasteiger partial charge in [-0.25, -0.2) is 0 Å². The van der Waals surface area contributed by atoms with Crippen LogP contribution in [0.25, 0.3) is 0 Å². The lowest BCUT2D eigenvalue weighted by molar-refractivity contribution is -0.133. The zero-order valence-electron chi connectivity index (χ0n) is 14.1. The summed E-state index contributed by atoms with van der Waals surface area (Å²) in [4.78, 5) is 17.3. The van der Waals surface area contributed by atoms with E-state index < -0.39 is 11.6 Å². The van der Waals surface area contributed by atoms with E-state index in [1.807, 2.05) is 37.3 Å². The van der Waals surface area contributed by atoms with Crippen LogP contribution in [0, 0.1) is 0 Å². The molecule has 1 unspecified atom stereocenters. The van der Waals surface area contributed by atoms with Crippen LogP contribution in [0.4, 0.5) is 0 Å². The van der Waals surface area contributed by atoms with E-state index in [1.165, 1.54) is 0 Å². The largest absolute Gasteiger partial charge is 0.367 e. The Hall–Kier alpha value is -2.21. The van der Waals surface area contributed by atoms with E-state index in [-0.39, 0.29) is 5.91 Å². The number of hydrogen-bond acceptors (Lipinski definition) is 5. The van der Waals surface area contributed by atoms with Crippen molar-refractivity contribution in [2.24, 2.45) is 0 Å². The van der Waals surface area contributed by atoms with Crippen LogP contribution in [0.3, 0.4) is 0 Å². The Morgan fingerprint density at radius 1 is 1.33 bits per heavy atom. The fraction of sp³-hybridized carbons (Fsp3) is 0.500. The van der Waals surface area contributed by atoms with Gasteiger partial charge in [-0.2, -0.15) is 4.98 Å². The van der Waals surface area contributed by atoms with Crippen LogP contribution in [0.5, 0.6) is 0 Å². The maximum Gasteiger partial charge on any atom is 0.254 e. The summed E-state index contributed by atoms with van der Waals surface area (Å²) in [6.45, 7) is 1.97. The van der Waals surface area contributed by atoms with Crippen molar-refractivity contribution in [1.29, 1.82) is 0 Å². The Morgan fingerprint density at radius 3 is 2.62 bits per heavy atom. The second-order valence-electron chi connectivity index (χ2n) is 6.17. The maximum atomic E-state index is 12.9. The molecule has 3 rings (SSSR count). The van der Waals surface area contributed by atoms with Gasteiger partial charge in [-0.05, 0) is 18.4 Å². The zero-order valence-corrected chi connectivity index (χ0v) is 14.1. The number of rotatable bonds is 6. The number of aromatic nitrogens is 2. The molecule has 24 heavy (non-hydrogen) atoms. The number of nitrogens with one attached hydrogen (secondary N) is 1. The highest BCUT2D eigenvalue weighted by atomic mass is 16.5. The molecule has 1 N–H and O–H groups in total. The Morgan fingerprint density at radius 2 is 2.04 bits per heavy atom. The number of nitrogens with zero attached hydrogens (tertiary/aromatic N) is 2. The maximum absolute atomic E-state index is 12.9. The normalized spacial score (nSPS) is 17.6. The Bertz CT molecular complexity index is 678. The summed E-state index contributed by atoms with van der Waals surface area (Å²) in [5.74, 6) is 0.999. The molecule has 1 atom stereocenters. The van der Waals surface area contributed by atoms with E-state index in [4.69, 9.17) is 9.26 Å². The van der Waals surface area contributed by atoms with E-state index in [2.05, 4.69) is 15.5 Å². The number of ether oxygens (including phenoxy) is 1. The topological polar surface area (TPSA) is 77.2 Å². The highest BCUT2D eigenvalue weighted by molar-refractivity contribution is 5.83.